The van der Waals surface area contributed by atoms with Gasteiger partial charge in [-0.3, -0.25) is 0 Å². The molecule has 0 aliphatic heterocycles. The summed E-state index contributed by atoms with van der Waals surface area (Å²) in [5, 5.41) is 17.1. The van der Waals surface area contributed by atoms with Crippen molar-refractivity contribution in [3.05, 3.63) is 35.4 Å². The van der Waals surface area contributed by atoms with Crippen LogP contribution >= 0.6 is 0 Å². The second-order valence-corrected chi connectivity index (χ2v) is 4.27. The Hall–Kier alpha value is -2.02. The Morgan fingerprint density at radius 1 is 1.32 bits per heavy atom. The molecule has 2 unspecified atom stereocenters. The Bertz CT molecular complexity index is 531. The zero-order valence-corrected chi connectivity index (χ0v) is 11.0. The number of nitrogens with one attached hydrogen (secondary N) is 2. The van der Waals surface area contributed by atoms with Gasteiger partial charge in [0, 0.05) is 6.04 Å². The number of H-pyrrole nitrogens is 1. The zero-order chi connectivity index (χ0) is 13.8. The molecular weight excluding hydrogens is 249 g/mol. The van der Waals surface area contributed by atoms with Gasteiger partial charge in [-0.15, -0.1) is 10.2 Å². The number of halogens is 1. The predicted octanol–water partition coefficient (Wildman–Crippen LogP) is 1.76. The number of tetrazole rings is 1. The maximum Gasteiger partial charge on any atom is 0.191 e. The van der Waals surface area contributed by atoms with Gasteiger partial charge in [-0.25, -0.2) is 4.39 Å². The summed E-state index contributed by atoms with van der Waals surface area (Å²) < 4.78 is 18.3. The summed E-state index contributed by atoms with van der Waals surface area (Å²) in [6.45, 7) is 3.91. The summed E-state index contributed by atoms with van der Waals surface area (Å²) in [7, 11) is 1.45. The van der Waals surface area contributed by atoms with E-state index in [0.29, 0.717) is 5.82 Å². The van der Waals surface area contributed by atoms with Crippen molar-refractivity contribution in [1.29, 1.82) is 0 Å². The van der Waals surface area contributed by atoms with Crippen molar-refractivity contribution in [2.75, 3.05) is 7.11 Å². The molecule has 0 fully saturated rings. The van der Waals surface area contributed by atoms with Gasteiger partial charge >= 0.3 is 0 Å². The van der Waals surface area contributed by atoms with Gasteiger partial charge in [0.25, 0.3) is 0 Å². The maximum atomic E-state index is 13.3. The normalized spacial score (nSPS) is 14.1. The summed E-state index contributed by atoms with van der Waals surface area (Å²) in [4.78, 5) is 0. The molecule has 6 nitrogen and oxygen atoms in total. The average molecular weight is 265 g/mol. The SMILES string of the molecule is COc1cc(C(C)NC(C)c2nn[nH]n2)ccc1F. The lowest BCUT2D eigenvalue weighted by atomic mass is 10.1. The summed E-state index contributed by atoms with van der Waals surface area (Å²) in [5.41, 5.74) is 0.925. The van der Waals surface area contributed by atoms with Crippen LogP contribution in [0.3, 0.4) is 0 Å². The number of hydrogen-bond donors (Lipinski definition) is 2. The van der Waals surface area contributed by atoms with E-state index in [1.54, 1.807) is 12.1 Å². The largest absolute Gasteiger partial charge is 0.494 e. The molecule has 0 saturated heterocycles. The monoisotopic (exact) mass is 265 g/mol. The van der Waals surface area contributed by atoms with Crippen LogP contribution in [-0.4, -0.2) is 27.7 Å². The molecule has 0 saturated carbocycles. The first-order valence-electron chi connectivity index (χ1n) is 5.94. The fourth-order valence-electron chi connectivity index (χ4n) is 1.84. The number of aromatic nitrogens is 4. The molecule has 0 amide bonds. The summed E-state index contributed by atoms with van der Waals surface area (Å²) >= 11 is 0. The first-order chi connectivity index (χ1) is 9.11. The summed E-state index contributed by atoms with van der Waals surface area (Å²) in [6.07, 6.45) is 0. The Kier molecular flexibility index (Phi) is 4.06. The van der Waals surface area contributed by atoms with E-state index in [4.69, 9.17) is 4.74 Å². The van der Waals surface area contributed by atoms with Crippen molar-refractivity contribution >= 4 is 0 Å². The molecule has 2 aromatic rings. The first kappa shape index (κ1) is 13.4. The fourth-order valence-corrected chi connectivity index (χ4v) is 1.84. The lowest BCUT2D eigenvalue weighted by molar-refractivity contribution is 0.384. The van der Waals surface area contributed by atoms with E-state index < -0.39 is 0 Å². The third-order valence-corrected chi connectivity index (χ3v) is 2.92. The van der Waals surface area contributed by atoms with Crippen molar-refractivity contribution in [2.24, 2.45) is 0 Å². The maximum absolute atomic E-state index is 13.3. The second kappa shape index (κ2) is 5.75. The first-order valence-corrected chi connectivity index (χ1v) is 5.94. The van der Waals surface area contributed by atoms with Crippen LogP contribution in [0.25, 0.3) is 0 Å². The highest BCUT2D eigenvalue weighted by molar-refractivity contribution is 5.32. The minimum atomic E-state index is -0.371. The van der Waals surface area contributed by atoms with E-state index in [1.807, 2.05) is 13.8 Å². The molecule has 2 atom stereocenters. The number of ether oxygens (including phenoxy) is 1. The lowest BCUT2D eigenvalue weighted by Gasteiger charge is -2.18. The zero-order valence-electron chi connectivity index (χ0n) is 11.0. The number of nitrogens with zero attached hydrogens (tertiary/aromatic N) is 3. The highest BCUT2D eigenvalue weighted by Gasteiger charge is 2.15. The Balaban J connectivity index is 2.09. The quantitative estimate of drug-likeness (QED) is 0.861. The molecule has 2 rings (SSSR count). The van der Waals surface area contributed by atoms with Crippen molar-refractivity contribution in [3.63, 3.8) is 0 Å². The highest BCUT2D eigenvalue weighted by atomic mass is 19.1. The molecular formula is C12H16FN5O. The third kappa shape index (κ3) is 3.05. The number of hydrogen-bond acceptors (Lipinski definition) is 5. The molecule has 0 aliphatic carbocycles. The van der Waals surface area contributed by atoms with Crippen LogP contribution in [0.4, 0.5) is 4.39 Å². The van der Waals surface area contributed by atoms with Gasteiger partial charge in [0.2, 0.25) is 0 Å². The van der Waals surface area contributed by atoms with Crippen LogP contribution in [0, 0.1) is 5.82 Å². The molecule has 19 heavy (non-hydrogen) atoms. The van der Waals surface area contributed by atoms with E-state index >= 15 is 0 Å². The van der Waals surface area contributed by atoms with E-state index in [1.165, 1.54) is 13.2 Å². The van der Waals surface area contributed by atoms with Gasteiger partial charge in [-0.2, -0.15) is 5.21 Å². The Labute approximate surface area is 110 Å². The molecule has 102 valence electrons. The number of methoxy groups -OCH3 is 1. The molecule has 0 bridgehead atoms. The van der Waals surface area contributed by atoms with Crippen molar-refractivity contribution in [1.82, 2.24) is 25.9 Å². The molecule has 1 aromatic heterocycles. The van der Waals surface area contributed by atoms with Crippen LogP contribution in [0.2, 0.25) is 0 Å². The van der Waals surface area contributed by atoms with Crippen LogP contribution in [0.1, 0.15) is 37.3 Å². The number of rotatable bonds is 5. The van der Waals surface area contributed by atoms with Crippen LogP contribution in [0.5, 0.6) is 5.75 Å². The van der Waals surface area contributed by atoms with Gasteiger partial charge in [0.05, 0.1) is 13.2 Å². The third-order valence-electron chi connectivity index (χ3n) is 2.92. The molecule has 0 aliphatic rings. The topological polar surface area (TPSA) is 75.7 Å². The lowest BCUT2D eigenvalue weighted by Crippen LogP contribution is -2.23. The van der Waals surface area contributed by atoms with E-state index in [-0.39, 0.29) is 23.7 Å². The smallest absolute Gasteiger partial charge is 0.191 e. The second-order valence-electron chi connectivity index (χ2n) is 4.27. The van der Waals surface area contributed by atoms with E-state index in [9.17, 15) is 4.39 Å². The Morgan fingerprint density at radius 2 is 2.11 bits per heavy atom. The molecule has 1 aromatic carbocycles. The van der Waals surface area contributed by atoms with Gasteiger partial charge in [-0.1, -0.05) is 11.3 Å². The molecule has 1 heterocycles. The molecule has 0 radical (unpaired) electrons. The number of aromatic amines is 1. The van der Waals surface area contributed by atoms with Gasteiger partial charge in [-0.05, 0) is 31.5 Å². The summed E-state index contributed by atoms with van der Waals surface area (Å²) in [5.74, 6) is 0.448. The fraction of sp³-hybridized carbons (Fsp3) is 0.417. The summed E-state index contributed by atoms with van der Waals surface area (Å²) in [6, 6.07) is 4.73. The van der Waals surface area contributed by atoms with Crippen LogP contribution < -0.4 is 10.1 Å². The minimum Gasteiger partial charge on any atom is -0.494 e. The van der Waals surface area contributed by atoms with Crippen molar-refractivity contribution < 1.29 is 9.13 Å². The molecule has 7 heteroatoms. The van der Waals surface area contributed by atoms with Gasteiger partial charge in [0.1, 0.15) is 0 Å². The van der Waals surface area contributed by atoms with Gasteiger partial charge in [0.15, 0.2) is 17.4 Å². The molecule has 0 spiro atoms. The van der Waals surface area contributed by atoms with Crippen molar-refractivity contribution in [3.8, 4) is 5.75 Å². The van der Waals surface area contributed by atoms with Crippen LogP contribution in [-0.2, 0) is 0 Å². The van der Waals surface area contributed by atoms with Crippen LogP contribution in [0.15, 0.2) is 18.2 Å². The Morgan fingerprint density at radius 3 is 2.74 bits per heavy atom. The highest BCUT2D eigenvalue weighted by Crippen LogP contribution is 2.23. The molecule has 2 N–H and O–H groups in total. The predicted molar refractivity (Wildman–Crippen MR) is 67.1 cm³/mol. The average Bonchev–Trinajstić information content (AvgIpc) is 2.93. The van der Waals surface area contributed by atoms with E-state index in [2.05, 4.69) is 25.9 Å². The van der Waals surface area contributed by atoms with Crippen molar-refractivity contribution in [2.45, 2.75) is 25.9 Å². The van der Waals surface area contributed by atoms with Gasteiger partial charge < -0.3 is 10.1 Å². The van der Waals surface area contributed by atoms with E-state index in [0.717, 1.165) is 5.56 Å². The minimum absolute atomic E-state index is 0.00278. The standard InChI is InChI=1S/C12H16FN5O/c1-7(14-8(2)12-15-17-18-16-12)9-4-5-10(13)11(6-9)19-3/h4-8,14H,1-3H3,(H,15,16,17,18). The number of benzene rings is 1.